The predicted molar refractivity (Wildman–Crippen MR) is 113 cm³/mol. The first-order valence-corrected chi connectivity index (χ1v) is 12.8. The van der Waals surface area contributed by atoms with Crippen molar-refractivity contribution in [2.75, 3.05) is 0 Å². The lowest BCUT2D eigenvalue weighted by atomic mass is 9.06. The first-order chi connectivity index (χ1) is 12.8. The van der Waals surface area contributed by atoms with Crippen LogP contribution in [-0.4, -0.2) is 0 Å². The molecule has 0 aliphatic heterocycles. The minimum atomic E-state index is 0.549. The summed E-state index contributed by atoms with van der Waals surface area (Å²) < 4.78 is 0. The Hall–Kier alpha value is 0. The van der Waals surface area contributed by atoms with Crippen molar-refractivity contribution in [3.05, 3.63) is 0 Å². The smallest absolute Gasteiger partial charge is 0.0167 e. The van der Waals surface area contributed by atoms with E-state index in [1.165, 1.54) is 0 Å². The molecule has 1 spiro atoms. The van der Waals surface area contributed by atoms with Crippen molar-refractivity contribution in [2.45, 2.75) is 75.7 Å². The van der Waals surface area contributed by atoms with E-state index in [2.05, 4.69) is 69.2 Å². The molecule has 0 saturated heterocycles. The van der Waals surface area contributed by atoms with Crippen LogP contribution in [0.25, 0.3) is 0 Å². The maximum Gasteiger partial charge on any atom is -0.0167 e. The maximum absolute atomic E-state index is 2.87. The first-order valence-electron chi connectivity index (χ1n) is 12.8. The van der Waals surface area contributed by atoms with Crippen LogP contribution in [0.5, 0.6) is 0 Å². The standard InChI is InChI=1S/C28H42/c1-12-16-11-28(16)15(4)24(7)23(6)17(12)13(2)22(5)14(3)18-19-20(21(23)28)27(24,10)26(19,9)25(18,22)8/h12-21H,11H2,1-10H3. The van der Waals surface area contributed by atoms with E-state index in [1.807, 2.05) is 0 Å². The fourth-order valence-electron chi connectivity index (χ4n) is 16.6. The van der Waals surface area contributed by atoms with Crippen LogP contribution < -0.4 is 0 Å². The third-order valence-corrected chi connectivity index (χ3v) is 17.5. The monoisotopic (exact) mass is 378 g/mol. The average molecular weight is 379 g/mol. The lowest BCUT2D eigenvalue weighted by molar-refractivity contribution is -0.510. The van der Waals surface area contributed by atoms with Gasteiger partial charge in [0.15, 0.2) is 0 Å². The van der Waals surface area contributed by atoms with E-state index in [1.54, 1.807) is 6.42 Å². The number of fused-ring (bicyclic) bond motifs is 2. The summed E-state index contributed by atoms with van der Waals surface area (Å²) in [5.41, 5.74) is 4.18. The van der Waals surface area contributed by atoms with Gasteiger partial charge in [-0.2, -0.15) is 0 Å². The predicted octanol–water partition coefficient (Wildman–Crippen LogP) is 6.75. The molecular formula is C28H42. The van der Waals surface area contributed by atoms with Gasteiger partial charge in [0.2, 0.25) is 0 Å². The molecule has 0 nitrogen and oxygen atoms in total. The lowest BCUT2D eigenvalue weighted by Crippen LogP contribution is -2.94. The van der Waals surface area contributed by atoms with E-state index in [9.17, 15) is 0 Å². The van der Waals surface area contributed by atoms with Crippen LogP contribution in [0.15, 0.2) is 0 Å². The summed E-state index contributed by atoms with van der Waals surface area (Å²) in [5.74, 6) is 9.94. The second kappa shape index (κ2) is 3.43. The summed E-state index contributed by atoms with van der Waals surface area (Å²) in [7, 11) is 0. The van der Waals surface area contributed by atoms with Gasteiger partial charge in [0.05, 0.1) is 0 Å². The molecule has 8 saturated carbocycles. The zero-order valence-corrected chi connectivity index (χ0v) is 20.0. The van der Waals surface area contributed by atoms with Crippen molar-refractivity contribution in [3.63, 3.8) is 0 Å². The quantitative estimate of drug-likeness (QED) is 0.437. The van der Waals surface area contributed by atoms with E-state index in [0.29, 0.717) is 32.5 Å². The second-order valence-electron chi connectivity index (χ2n) is 15.0. The van der Waals surface area contributed by atoms with Crippen LogP contribution in [0, 0.1) is 97.1 Å². The van der Waals surface area contributed by atoms with Gasteiger partial charge in [-0.3, -0.25) is 0 Å². The van der Waals surface area contributed by atoms with Crippen LogP contribution in [0.1, 0.15) is 75.7 Å². The molecule has 0 heteroatoms. The van der Waals surface area contributed by atoms with Gasteiger partial charge in [-0.1, -0.05) is 69.2 Å². The molecule has 17 atom stereocenters. The summed E-state index contributed by atoms with van der Waals surface area (Å²) in [6.45, 7) is 27.9. The number of hydrogen-bond donors (Lipinski definition) is 0. The molecule has 8 aliphatic carbocycles. The van der Waals surface area contributed by atoms with Crippen molar-refractivity contribution in [1.29, 1.82) is 0 Å². The summed E-state index contributed by atoms with van der Waals surface area (Å²) in [5, 5.41) is 0. The van der Waals surface area contributed by atoms with Gasteiger partial charge in [-0.25, -0.2) is 0 Å². The van der Waals surface area contributed by atoms with E-state index in [4.69, 9.17) is 0 Å². The van der Waals surface area contributed by atoms with Gasteiger partial charge >= 0.3 is 0 Å². The molecule has 0 heterocycles. The van der Waals surface area contributed by atoms with E-state index in [-0.39, 0.29) is 0 Å². The van der Waals surface area contributed by atoms with Gasteiger partial charge in [0.25, 0.3) is 0 Å². The molecule has 8 rings (SSSR count). The summed E-state index contributed by atoms with van der Waals surface area (Å²) in [4.78, 5) is 0. The van der Waals surface area contributed by atoms with Crippen molar-refractivity contribution >= 4 is 0 Å². The van der Waals surface area contributed by atoms with Crippen molar-refractivity contribution in [2.24, 2.45) is 97.1 Å². The first kappa shape index (κ1) is 16.7. The molecule has 0 aromatic rings. The van der Waals surface area contributed by atoms with Crippen LogP contribution in [0.2, 0.25) is 0 Å². The third-order valence-electron chi connectivity index (χ3n) is 17.5. The Morgan fingerprint density at radius 1 is 0.571 bits per heavy atom. The molecular weight excluding hydrogens is 336 g/mol. The minimum Gasteiger partial charge on any atom is -0.0619 e. The van der Waals surface area contributed by atoms with Gasteiger partial charge in [0, 0.05) is 0 Å². The average Bonchev–Trinajstić information content (AvgIpc) is 3.35. The Morgan fingerprint density at radius 2 is 1.14 bits per heavy atom. The van der Waals surface area contributed by atoms with Crippen molar-refractivity contribution in [3.8, 4) is 0 Å². The molecule has 5 bridgehead atoms. The molecule has 154 valence electrons. The van der Waals surface area contributed by atoms with Gasteiger partial charge in [0.1, 0.15) is 0 Å². The van der Waals surface area contributed by atoms with Gasteiger partial charge in [-0.15, -0.1) is 0 Å². The fourth-order valence-corrected chi connectivity index (χ4v) is 16.6. The molecule has 8 aliphatic rings. The Morgan fingerprint density at radius 3 is 1.79 bits per heavy atom. The number of rotatable bonds is 0. The van der Waals surface area contributed by atoms with Crippen LogP contribution in [0.3, 0.4) is 0 Å². The van der Waals surface area contributed by atoms with E-state index >= 15 is 0 Å². The maximum atomic E-state index is 2.87. The lowest BCUT2D eigenvalue weighted by Gasteiger charge is -2.97. The highest BCUT2D eigenvalue weighted by molar-refractivity contribution is 5.52. The highest BCUT2D eigenvalue weighted by Crippen LogP contribution is 3.09. The molecule has 8 fully saturated rings. The van der Waals surface area contributed by atoms with Crippen molar-refractivity contribution < 1.29 is 0 Å². The Bertz CT molecular complexity index is 904. The van der Waals surface area contributed by atoms with E-state index in [0.717, 1.165) is 64.6 Å². The normalized spacial score (nSPS) is 88.5. The Balaban J connectivity index is 1.54. The Labute approximate surface area is 173 Å². The highest BCUT2D eigenvalue weighted by atomic mass is 15.1. The Kier molecular flexibility index (Phi) is 2.04. The van der Waals surface area contributed by atoms with Crippen LogP contribution >= 0.6 is 0 Å². The zero-order chi connectivity index (χ0) is 20.0. The third kappa shape index (κ3) is 0.806. The molecule has 28 heavy (non-hydrogen) atoms. The molecule has 0 N–H and O–H groups in total. The van der Waals surface area contributed by atoms with Crippen LogP contribution in [0.4, 0.5) is 0 Å². The summed E-state index contributed by atoms with van der Waals surface area (Å²) >= 11 is 0. The molecule has 17 unspecified atom stereocenters. The molecule has 0 aromatic carbocycles. The second-order valence-corrected chi connectivity index (χ2v) is 15.0. The molecule has 0 amide bonds. The summed E-state index contributed by atoms with van der Waals surface area (Å²) in [6.07, 6.45) is 1.60. The van der Waals surface area contributed by atoms with E-state index < -0.39 is 0 Å². The zero-order valence-electron chi connectivity index (χ0n) is 20.0. The largest absolute Gasteiger partial charge is 0.0619 e. The van der Waals surface area contributed by atoms with Crippen molar-refractivity contribution in [1.82, 2.24) is 0 Å². The molecule has 0 aromatic heterocycles. The SMILES string of the molecule is CC1C2CC23C2C4C5C6C(C)C7(C)C(C)C1C2(C)C(C)(C3C)C4(C)C5(C)C67C. The van der Waals surface area contributed by atoms with Gasteiger partial charge < -0.3 is 0 Å². The topological polar surface area (TPSA) is 0 Å². The highest BCUT2D eigenvalue weighted by Gasteiger charge is 3.05. The summed E-state index contributed by atoms with van der Waals surface area (Å²) in [6, 6.07) is 0. The molecule has 0 radical (unpaired) electrons. The fraction of sp³-hybridized carbons (Fsp3) is 1.00. The number of hydrogen-bond acceptors (Lipinski definition) is 0. The van der Waals surface area contributed by atoms with Gasteiger partial charge in [-0.05, 0) is 104 Å². The van der Waals surface area contributed by atoms with Crippen LogP contribution in [-0.2, 0) is 0 Å². The minimum absolute atomic E-state index is 0.549.